The molecule has 0 aromatic rings. The molecule has 0 aliphatic heterocycles. The van der Waals surface area contributed by atoms with Crippen LogP contribution in [0, 0.1) is 0 Å². The minimum atomic E-state index is -0.845. The van der Waals surface area contributed by atoms with Gasteiger partial charge in [0.1, 0.15) is 0 Å². The molecular formula is C81H151NO5. The number of hydrogen-bond acceptors (Lipinski definition) is 5. The van der Waals surface area contributed by atoms with Gasteiger partial charge in [-0.2, -0.15) is 0 Å². The predicted molar refractivity (Wildman–Crippen MR) is 384 cm³/mol. The average Bonchev–Trinajstić information content (AvgIpc) is 3.59. The summed E-state index contributed by atoms with van der Waals surface area (Å²) < 4.78 is 5.51. The third kappa shape index (κ3) is 72.5. The summed E-state index contributed by atoms with van der Waals surface area (Å²) >= 11 is 0. The normalized spacial score (nSPS) is 12.8. The summed E-state index contributed by atoms with van der Waals surface area (Å²) in [6.07, 6.45) is 102. The molecule has 0 radical (unpaired) electrons. The number of hydrogen-bond donors (Lipinski definition) is 3. The summed E-state index contributed by atoms with van der Waals surface area (Å²) in [6.45, 7) is 4.91. The number of esters is 1. The van der Waals surface area contributed by atoms with Crippen molar-refractivity contribution in [3.8, 4) is 0 Å². The summed E-state index contributed by atoms with van der Waals surface area (Å²) in [7, 11) is 0. The second-order valence-electron chi connectivity index (χ2n) is 26.7. The highest BCUT2D eigenvalue weighted by Crippen LogP contribution is 2.19. The number of carbonyl (C=O) groups excluding carboxylic acids is 2. The van der Waals surface area contributed by atoms with Crippen molar-refractivity contribution in [2.75, 3.05) is 13.2 Å². The minimum Gasteiger partial charge on any atom is -0.466 e. The lowest BCUT2D eigenvalue weighted by molar-refractivity contribution is -0.143. The van der Waals surface area contributed by atoms with Crippen LogP contribution >= 0.6 is 0 Å². The molecule has 0 saturated heterocycles. The van der Waals surface area contributed by atoms with Crippen molar-refractivity contribution in [3.63, 3.8) is 0 Å². The lowest BCUT2D eigenvalue weighted by atomic mass is 10.0. The Morgan fingerprint density at radius 3 is 0.897 bits per heavy atom. The number of nitrogens with one attached hydrogen (secondary N) is 1. The van der Waals surface area contributed by atoms with Crippen LogP contribution in [0.15, 0.2) is 60.8 Å². The van der Waals surface area contributed by atoms with Crippen molar-refractivity contribution in [2.45, 2.75) is 431 Å². The molecule has 2 unspecified atom stereocenters. The number of unbranched alkanes of at least 4 members (excludes halogenated alkanes) is 54. The molecule has 0 rings (SSSR count). The van der Waals surface area contributed by atoms with Crippen LogP contribution in [0.3, 0.4) is 0 Å². The van der Waals surface area contributed by atoms with E-state index in [2.05, 4.69) is 67.8 Å². The molecule has 0 bridgehead atoms. The molecule has 6 heteroatoms. The average molecular weight is 1220 g/mol. The Morgan fingerprint density at radius 2 is 0.575 bits per heavy atom. The van der Waals surface area contributed by atoms with Gasteiger partial charge in [0.15, 0.2) is 0 Å². The summed E-state index contributed by atoms with van der Waals surface area (Å²) in [5.74, 6) is -0.0528. The molecule has 0 heterocycles. The van der Waals surface area contributed by atoms with E-state index in [1.54, 1.807) is 6.08 Å². The summed E-state index contributed by atoms with van der Waals surface area (Å²) in [6, 6.07) is -0.628. The van der Waals surface area contributed by atoms with Crippen LogP contribution < -0.4 is 5.32 Å². The van der Waals surface area contributed by atoms with Crippen LogP contribution in [0.5, 0.6) is 0 Å². The van der Waals surface area contributed by atoms with Crippen LogP contribution in [-0.2, 0) is 14.3 Å². The molecule has 0 fully saturated rings. The third-order valence-corrected chi connectivity index (χ3v) is 18.0. The van der Waals surface area contributed by atoms with Crippen molar-refractivity contribution in [1.82, 2.24) is 5.32 Å². The Kier molecular flexibility index (Phi) is 73.9. The zero-order valence-corrected chi connectivity index (χ0v) is 58.5. The number of ether oxygens (including phenoxy) is 1. The molecule has 87 heavy (non-hydrogen) atoms. The second-order valence-corrected chi connectivity index (χ2v) is 26.7. The van der Waals surface area contributed by atoms with E-state index in [0.29, 0.717) is 19.4 Å². The monoisotopic (exact) mass is 1220 g/mol. The zero-order valence-electron chi connectivity index (χ0n) is 58.5. The molecule has 0 aliphatic rings. The number of aliphatic hydroxyl groups is 2. The Balaban J connectivity index is 3.39. The smallest absolute Gasteiger partial charge is 0.305 e. The first-order valence-corrected chi connectivity index (χ1v) is 39.1. The zero-order chi connectivity index (χ0) is 62.8. The Morgan fingerprint density at radius 1 is 0.322 bits per heavy atom. The Bertz CT molecular complexity index is 1500. The quantitative estimate of drug-likeness (QED) is 0.0320. The molecule has 2 atom stereocenters. The van der Waals surface area contributed by atoms with E-state index >= 15 is 0 Å². The fourth-order valence-corrected chi connectivity index (χ4v) is 12.1. The maximum Gasteiger partial charge on any atom is 0.305 e. The van der Waals surface area contributed by atoms with Gasteiger partial charge in [-0.05, 0) is 96.3 Å². The van der Waals surface area contributed by atoms with E-state index in [1.165, 1.54) is 334 Å². The lowest BCUT2D eigenvalue weighted by Crippen LogP contribution is -2.45. The van der Waals surface area contributed by atoms with E-state index in [4.69, 9.17) is 4.74 Å². The third-order valence-electron chi connectivity index (χ3n) is 18.0. The molecule has 510 valence electrons. The topological polar surface area (TPSA) is 95.9 Å². The largest absolute Gasteiger partial charge is 0.466 e. The molecule has 3 N–H and O–H groups in total. The number of amides is 1. The van der Waals surface area contributed by atoms with Crippen molar-refractivity contribution in [1.29, 1.82) is 0 Å². The second kappa shape index (κ2) is 76.0. The van der Waals surface area contributed by atoms with Crippen LogP contribution in [0.25, 0.3) is 0 Å². The first kappa shape index (κ1) is 84.6. The summed E-state index contributed by atoms with van der Waals surface area (Å²) in [5.41, 5.74) is 0. The van der Waals surface area contributed by atoms with E-state index in [1.807, 2.05) is 6.08 Å². The first-order valence-electron chi connectivity index (χ1n) is 39.1. The minimum absolute atomic E-state index is 0.0103. The van der Waals surface area contributed by atoms with Crippen LogP contribution in [0.2, 0.25) is 0 Å². The van der Waals surface area contributed by atoms with Gasteiger partial charge in [0.05, 0.1) is 25.4 Å². The van der Waals surface area contributed by atoms with Gasteiger partial charge < -0.3 is 20.3 Å². The number of carbonyl (C=O) groups is 2. The molecule has 0 aromatic carbocycles. The SMILES string of the molecule is CCCCC/C=C\C/C=C\CCCCCCCCCCCC(=O)OCCCCCCCCCCC/C=C\C/C=C\CCCCCCCCCCCCCCCCCCCC(=O)NC(CO)C(O)/C=C/CCCCCCCCCCCCCCCCCC. The van der Waals surface area contributed by atoms with Gasteiger partial charge in [0.25, 0.3) is 0 Å². The predicted octanol–water partition coefficient (Wildman–Crippen LogP) is 25.8. The fourth-order valence-electron chi connectivity index (χ4n) is 12.1. The molecule has 0 aliphatic carbocycles. The Labute approximate surface area is 543 Å². The first-order chi connectivity index (χ1) is 43.0. The molecule has 0 saturated carbocycles. The van der Waals surface area contributed by atoms with Gasteiger partial charge >= 0.3 is 5.97 Å². The van der Waals surface area contributed by atoms with Gasteiger partial charge in [-0.25, -0.2) is 0 Å². The summed E-state index contributed by atoms with van der Waals surface area (Å²) in [4.78, 5) is 24.6. The van der Waals surface area contributed by atoms with Crippen LogP contribution in [-0.4, -0.2) is 47.4 Å². The highest BCUT2D eigenvalue weighted by atomic mass is 16.5. The molecule has 0 aromatic heterocycles. The van der Waals surface area contributed by atoms with Gasteiger partial charge in [-0.3, -0.25) is 9.59 Å². The summed E-state index contributed by atoms with van der Waals surface area (Å²) in [5, 5.41) is 23.2. The van der Waals surface area contributed by atoms with E-state index < -0.39 is 12.1 Å². The molecular weight excluding hydrogens is 1070 g/mol. The highest BCUT2D eigenvalue weighted by molar-refractivity contribution is 5.76. The number of allylic oxidation sites excluding steroid dienone is 9. The van der Waals surface area contributed by atoms with Crippen molar-refractivity contribution < 1.29 is 24.5 Å². The van der Waals surface area contributed by atoms with Crippen molar-refractivity contribution in [2.24, 2.45) is 0 Å². The van der Waals surface area contributed by atoms with Crippen LogP contribution in [0.1, 0.15) is 418 Å². The highest BCUT2D eigenvalue weighted by Gasteiger charge is 2.18. The van der Waals surface area contributed by atoms with Gasteiger partial charge in [-0.1, -0.05) is 370 Å². The number of aliphatic hydroxyl groups excluding tert-OH is 2. The molecule has 0 spiro atoms. The number of rotatable bonds is 73. The fraction of sp³-hybridized carbons (Fsp3) is 0.852. The van der Waals surface area contributed by atoms with Crippen molar-refractivity contribution >= 4 is 11.9 Å². The van der Waals surface area contributed by atoms with E-state index in [-0.39, 0.29) is 18.5 Å². The standard InChI is InChI=1S/C81H151NO5/c1-3-5-7-9-11-13-15-17-19-21-38-43-47-51-55-59-63-67-71-75-81(86)87-76-72-68-64-60-56-52-48-44-40-37-35-33-31-29-27-25-23-24-26-28-30-32-34-36-39-42-46-50-54-58-62-66-70-74-80(85)82-78(77-83)79(84)73-69-65-61-57-53-49-45-41-22-20-18-16-14-12-10-8-6-4-2/h11,13,17,19,27,29,33,35,69,73,78-79,83-84H,3-10,12,14-16,18,20-26,28,30-32,34,36-68,70-72,74-77H2,1-2H3,(H,82,85)/b13-11-,19-17-,29-27-,35-33-,73-69+. The molecule has 6 nitrogen and oxygen atoms in total. The van der Waals surface area contributed by atoms with Crippen molar-refractivity contribution in [3.05, 3.63) is 60.8 Å². The maximum atomic E-state index is 12.5. The Hall–Kier alpha value is -2.44. The maximum absolute atomic E-state index is 12.5. The van der Waals surface area contributed by atoms with Gasteiger partial charge in [0, 0.05) is 12.8 Å². The van der Waals surface area contributed by atoms with E-state index in [9.17, 15) is 19.8 Å². The van der Waals surface area contributed by atoms with Crippen LogP contribution in [0.4, 0.5) is 0 Å². The molecule has 1 amide bonds. The van der Waals surface area contributed by atoms with E-state index in [0.717, 1.165) is 57.8 Å². The lowest BCUT2D eigenvalue weighted by Gasteiger charge is -2.20. The van der Waals surface area contributed by atoms with Gasteiger partial charge in [-0.15, -0.1) is 0 Å². The van der Waals surface area contributed by atoms with Gasteiger partial charge in [0.2, 0.25) is 5.91 Å².